The van der Waals surface area contributed by atoms with Gasteiger partial charge in [-0.1, -0.05) is 25.1 Å². The van der Waals surface area contributed by atoms with E-state index in [0.29, 0.717) is 5.56 Å². The van der Waals surface area contributed by atoms with E-state index in [4.69, 9.17) is 9.47 Å². The molecule has 4 unspecified atom stereocenters. The third kappa shape index (κ3) is 2.77. The first-order chi connectivity index (χ1) is 8.93. The lowest BCUT2D eigenvalue weighted by atomic mass is 9.91. The first-order valence-electron chi connectivity index (χ1n) is 6.17. The van der Waals surface area contributed by atoms with E-state index in [1.807, 2.05) is 0 Å². The van der Waals surface area contributed by atoms with Gasteiger partial charge in [-0.3, -0.25) is 0 Å². The Bertz CT molecular complexity index is 446. The van der Waals surface area contributed by atoms with Crippen molar-refractivity contribution in [3.8, 4) is 0 Å². The Balaban J connectivity index is 1.92. The molecule has 4 atom stereocenters. The third-order valence-electron chi connectivity index (χ3n) is 3.62. The molecule has 0 saturated carbocycles. The molecule has 1 aliphatic heterocycles. The van der Waals surface area contributed by atoms with Gasteiger partial charge in [-0.2, -0.15) is 0 Å². The van der Waals surface area contributed by atoms with E-state index < -0.39 is 29.9 Å². The smallest absolute Gasteiger partial charge is 0.338 e. The summed E-state index contributed by atoms with van der Waals surface area (Å²) in [6, 6.07) is 8.52. The van der Waals surface area contributed by atoms with Crippen LogP contribution in [0.2, 0.25) is 0 Å². The predicted octanol–water partition coefficient (Wildman–Crippen LogP) is 1.92. The number of aliphatic hydroxyl groups is 1. The van der Waals surface area contributed by atoms with Gasteiger partial charge in [-0.15, -0.1) is 0 Å². The molecule has 0 amide bonds. The highest BCUT2D eigenvalue weighted by molar-refractivity contribution is 5.89. The summed E-state index contributed by atoms with van der Waals surface area (Å²) >= 11 is 0. The standard InChI is InChI=1S/C14H17FO4/c1-9-11(19-13(17)14(9,2)15)8-18-12(16)10-6-4-3-5-7-10/h3-7,9,11,13,17H,8H2,1-2H3. The summed E-state index contributed by atoms with van der Waals surface area (Å²) in [5.74, 6) is -1.04. The lowest BCUT2D eigenvalue weighted by molar-refractivity contribution is -0.143. The second kappa shape index (κ2) is 5.27. The maximum atomic E-state index is 14.0. The molecule has 0 aliphatic carbocycles. The Labute approximate surface area is 111 Å². The normalized spacial score (nSPS) is 34.2. The molecular formula is C14H17FO4. The molecule has 0 radical (unpaired) electrons. The van der Waals surface area contributed by atoms with Crippen molar-refractivity contribution in [2.75, 3.05) is 6.61 Å². The maximum Gasteiger partial charge on any atom is 0.338 e. The van der Waals surface area contributed by atoms with Crippen LogP contribution in [0.15, 0.2) is 30.3 Å². The van der Waals surface area contributed by atoms with Gasteiger partial charge >= 0.3 is 5.97 Å². The highest BCUT2D eigenvalue weighted by Gasteiger charge is 2.51. The fraction of sp³-hybridized carbons (Fsp3) is 0.500. The van der Waals surface area contributed by atoms with Gasteiger partial charge in [0.1, 0.15) is 12.7 Å². The zero-order valence-corrected chi connectivity index (χ0v) is 10.9. The Kier molecular flexibility index (Phi) is 3.87. The Morgan fingerprint density at radius 1 is 1.47 bits per heavy atom. The summed E-state index contributed by atoms with van der Waals surface area (Å²) in [6.07, 6.45) is -2.12. The fourth-order valence-corrected chi connectivity index (χ4v) is 2.00. The number of aliphatic hydroxyl groups excluding tert-OH is 1. The molecule has 1 aromatic rings. The van der Waals surface area contributed by atoms with E-state index >= 15 is 0 Å². The average Bonchev–Trinajstić information content (AvgIpc) is 2.60. The lowest BCUT2D eigenvalue weighted by Crippen LogP contribution is -2.35. The molecule has 1 heterocycles. The summed E-state index contributed by atoms with van der Waals surface area (Å²) in [7, 11) is 0. The minimum absolute atomic E-state index is 0.0779. The van der Waals surface area contributed by atoms with Gasteiger partial charge in [0.25, 0.3) is 0 Å². The molecule has 1 aliphatic rings. The van der Waals surface area contributed by atoms with Crippen LogP contribution in [-0.4, -0.2) is 35.7 Å². The third-order valence-corrected chi connectivity index (χ3v) is 3.62. The highest BCUT2D eigenvalue weighted by atomic mass is 19.1. The van der Waals surface area contributed by atoms with Crippen molar-refractivity contribution in [1.82, 2.24) is 0 Å². The van der Waals surface area contributed by atoms with Gasteiger partial charge in [-0.25, -0.2) is 9.18 Å². The monoisotopic (exact) mass is 268 g/mol. The van der Waals surface area contributed by atoms with Crippen molar-refractivity contribution >= 4 is 5.97 Å². The van der Waals surface area contributed by atoms with Gasteiger partial charge in [-0.05, 0) is 19.1 Å². The molecule has 0 bridgehead atoms. The second-order valence-electron chi connectivity index (χ2n) is 4.93. The maximum absolute atomic E-state index is 14.0. The number of rotatable bonds is 3. The number of hydrogen-bond acceptors (Lipinski definition) is 4. The number of benzene rings is 1. The number of carbonyl (C=O) groups excluding carboxylic acids is 1. The van der Waals surface area contributed by atoms with Crippen LogP contribution in [0.5, 0.6) is 0 Å². The summed E-state index contributed by atoms with van der Waals surface area (Å²) in [4.78, 5) is 11.7. The molecule has 0 aromatic heterocycles. The number of hydrogen-bond donors (Lipinski definition) is 1. The molecule has 1 N–H and O–H groups in total. The Morgan fingerprint density at radius 3 is 2.63 bits per heavy atom. The fourth-order valence-electron chi connectivity index (χ4n) is 2.00. The minimum Gasteiger partial charge on any atom is -0.459 e. The molecule has 1 fully saturated rings. The summed E-state index contributed by atoms with van der Waals surface area (Å²) in [5.41, 5.74) is -1.40. The highest BCUT2D eigenvalue weighted by Crippen LogP contribution is 2.38. The number of ether oxygens (including phenoxy) is 2. The Hall–Kier alpha value is -1.46. The van der Waals surface area contributed by atoms with E-state index in [-0.39, 0.29) is 6.61 Å². The van der Waals surface area contributed by atoms with E-state index in [9.17, 15) is 14.3 Å². The summed E-state index contributed by atoms with van der Waals surface area (Å²) in [5, 5.41) is 9.44. The van der Waals surface area contributed by atoms with Crippen molar-refractivity contribution in [2.45, 2.75) is 31.9 Å². The topological polar surface area (TPSA) is 55.8 Å². The molecule has 104 valence electrons. The number of alkyl halides is 1. The van der Waals surface area contributed by atoms with Crippen molar-refractivity contribution in [3.05, 3.63) is 35.9 Å². The molecule has 1 saturated heterocycles. The summed E-state index contributed by atoms with van der Waals surface area (Å²) in [6.45, 7) is 2.82. The SMILES string of the molecule is CC1C(COC(=O)c2ccccc2)OC(O)C1(C)F. The van der Waals surface area contributed by atoms with Crippen LogP contribution >= 0.6 is 0 Å². The van der Waals surface area contributed by atoms with Gasteiger partial charge in [0.15, 0.2) is 12.0 Å². The van der Waals surface area contributed by atoms with E-state index in [0.717, 1.165) is 0 Å². The van der Waals surface area contributed by atoms with E-state index in [2.05, 4.69) is 0 Å². The predicted molar refractivity (Wildman–Crippen MR) is 66.3 cm³/mol. The van der Waals surface area contributed by atoms with Crippen LogP contribution < -0.4 is 0 Å². The molecule has 0 spiro atoms. The largest absolute Gasteiger partial charge is 0.459 e. The van der Waals surface area contributed by atoms with Gasteiger partial charge in [0.2, 0.25) is 0 Å². The first kappa shape index (κ1) is 14.0. The van der Waals surface area contributed by atoms with Crippen LogP contribution in [0.25, 0.3) is 0 Å². The van der Waals surface area contributed by atoms with Crippen molar-refractivity contribution < 1.29 is 23.8 Å². The number of carbonyl (C=O) groups is 1. The molecule has 5 heteroatoms. The molecule has 2 rings (SSSR count). The molecule has 4 nitrogen and oxygen atoms in total. The van der Waals surface area contributed by atoms with Gasteiger partial charge in [0, 0.05) is 5.92 Å². The van der Waals surface area contributed by atoms with E-state index in [1.165, 1.54) is 6.92 Å². The number of halogens is 1. The average molecular weight is 268 g/mol. The van der Waals surface area contributed by atoms with Crippen molar-refractivity contribution in [1.29, 1.82) is 0 Å². The van der Waals surface area contributed by atoms with Crippen LogP contribution in [0.4, 0.5) is 4.39 Å². The van der Waals surface area contributed by atoms with Crippen molar-refractivity contribution in [2.24, 2.45) is 5.92 Å². The van der Waals surface area contributed by atoms with Crippen LogP contribution in [0.3, 0.4) is 0 Å². The van der Waals surface area contributed by atoms with Gasteiger partial charge in [0.05, 0.1) is 5.56 Å². The van der Waals surface area contributed by atoms with Crippen LogP contribution in [-0.2, 0) is 9.47 Å². The quantitative estimate of drug-likeness (QED) is 0.851. The molecule has 1 aromatic carbocycles. The number of esters is 1. The Morgan fingerprint density at radius 2 is 2.11 bits per heavy atom. The van der Waals surface area contributed by atoms with E-state index in [1.54, 1.807) is 37.3 Å². The van der Waals surface area contributed by atoms with Crippen molar-refractivity contribution in [3.63, 3.8) is 0 Å². The minimum atomic E-state index is -1.83. The van der Waals surface area contributed by atoms with Crippen LogP contribution in [0, 0.1) is 5.92 Å². The zero-order valence-electron chi connectivity index (χ0n) is 10.9. The molecule has 19 heavy (non-hydrogen) atoms. The second-order valence-corrected chi connectivity index (χ2v) is 4.93. The first-order valence-corrected chi connectivity index (χ1v) is 6.17. The lowest BCUT2D eigenvalue weighted by Gasteiger charge is -2.21. The summed E-state index contributed by atoms with van der Waals surface area (Å²) < 4.78 is 24.1. The molecular weight excluding hydrogens is 251 g/mol. The van der Waals surface area contributed by atoms with Gasteiger partial charge < -0.3 is 14.6 Å². The zero-order chi connectivity index (χ0) is 14.0. The van der Waals surface area contributed by atoms with Crippen LogP contribution in [0.1, 0.15) is 24.2 Å².